The molecule has 2 rings (SSSR count). The maximum atomic E-state index is 11.6. The summed E-state index contributed by atoms with van der Waals surface area (Å²) < 4.78 is 8.87. The minimum atomic E-state index is -0.485. The van der Waals surface area contributed by atoms with Gasteiger partial charge in [-0.1, -0.05) is 0 Å². The van der Waals surface area contributed by atoms with Gasteiger partial charge in [-0.15, -0.1) is 0 Å². The molecule has 2 aromatic rings. The molecular weight excluding hydrogens is 270 g/mol. The third-order valence-electron chi connectivity index (χ3n) is 2.73. The lowest BCUT2D eigenvalue weighted by Crippen LogP contribution is -2.33. The van der Waals surface area contributed by atoms with Crippen molar-refractivity contribution in [1.82, 2.24) is 24.6 Å². The average molecular weight is 291 g/mol. The van der Waals surface area contributed by atoms with E-state index in [2.05, 4.69) is 15.4 Å². The SMILES string of the molecule is Cn1cc(-n2cncc2CCNC(=O)OC(C)(C)C)cn1. The zero-order chi connectivity index (χ0) is 15.5. The van der Waals surface area contributed by atoms with E-state index in [1.54, 1.807) is 23.4 Å². The standard InChI is InChI=1S/C14H21N5O2/c1-14(2,3)21-13(20)16-6-5-11-7-15-10-19(11)12-8-17-18(4)9-12/h7-10H,5-6H2,1-4H3,(H,16,20). The Kier molecular flexibility index (Phi) is 4.30. The quantitative estimate of drug-likeness (QED) is 0.930. The highest BCUT2D eigenvalue weighted by Gasteiger charge is 2.15. The van der Waals surface area contributed by atoms with Crippen molar-refractivity contribution in [2.75, 3.05) is 6.54 Å². The number of carbonyl (C=O) groups excluding carboxylic acids is 1. The molecule has 7 nitrogen and oxygen atoms in total. The van der Waals surface area contributed by atoms with Crippen LogP contribution in [0.5, 0.6) is 0 Å². The monoisotopic (exact) mass is 291 g/mol. The van der Waals surface area contributed by atoms with Crippen LogP contribution in [0.3, 0.4) is 0 Å². The van der Waals surface area contributed by atoms with Crippen molar-refractivity contribution in [2.45, 2.75) is 32.8 Å². The normalized spacial score (nSPS) is 11.4. The second kappa shape index (κ2) is 5.99. The van der Waals surface area contributed by atoms with E-state index in [4.69, 9.17) is 4.74 Å². The lowest BCUT2D eigenvalue weighted by molar-refractivity contribution is 0.0528. The van der Waals surface area contributed by atoms with Gasteiger partial charge >= 0.3 is 6.09 Å². The van der Waals surface area contributed by atoms with Gasteiger partial charge in [0.25, 0.3) is 0 Å². The fraction of sp³-hybridized carbons (Fsp3) is 0.500. The summed E-state index contributed by atoms with van der Waals surface area (Å²) in [6, 6.07) is 0. The summed E-state index contributed by atoms with van der Waals surface area (Å²) in [6.07, 6.45) is 7.45. The van der Waals surface area contributed by atoms with Gasteiger partial charge in [-0.25, -0.2) is 9.78 Å². The zero-order valence-corrected chi connectivity index (χ0v) is 12.8. The van der Waals surface area contributed by atoms with E-state index < -0.39 is 11.7 Å². The van der Waals surface area contributed by atoms with Crippen LogP contribution in [0.25, 0.3) is 5.69 Å². The number of nitrogens with one attached hydrogen (secondary N) is 1. The Balaban J connectivity index is 1.90. The van der Waals surface area contributed by atoms with Gasteiger partial charge in [0.1, 0.15) is 5.60 Å². The fourth-order valence-electron chi connectivity index (χ4n) is 1.88. The van der Waals surface area contributed by atoms with Gasteiger partial charge in [-0.2, -0.15) is 5.10 Å². The molecule has 0 spiro atoms. The summed E-state index contributed by atoms with van der Waals surface area (Å²) in [5, 5.41) is 6.88. The number of hydrogen-bond acceptors (Lipinski definition) is 4. The minimum Gasteiger partial charge on any atom is -0.444 e. The molecular formula is C14H21N5O2. The van der Waals surface area contributed by atoms with E-state index in [1.165, 1.54) is 0 Å². The predicted molar refractivity (Wildman–Crippen MR) is 78.3 cm³/mol. The number of aromatic nitrogens is 4. The van der Waals surface area contributed by atoms with Crippen LogP contribution in [-0.4, -0.2) is 37.6 Å². The van der Waals surface area contributed by atoms with Crippen molar-refractivity contribution >= 4 is 6.09 Å². The molecule has 21 heavy (non-hydrogen) atoms. The number of alkyl carbamates (subject to hydrolysis) is 1. The molecule has 0 aliphatic carbocycles. The third-order valence-corrected chi connectivity index (χ3v) is 2.73. The number of hydrogen-bond donors (Lipinski definition) is 1. The summed E-state index contributed by atoms with van der Waals surface area (Å²) in [5.74, 6) is 0. The molecule has 0 radical (unpaired) electrons. The first-order chi connectivity index (χ1) is 9.85. The average Bonchev–Trinajstić information content (AvgIpc) is 2.95. The van der Waals surface area contributed by atoms with Crippen molar-refractivity contribution in [3.05, 3.63) is 30.6 Å². The van der Waals surface area contributed by atoms with E-state index in [0.717, 1.165) is 11.4 Å². The van der Waals surface area contributed by atoms with Crippen LogP contribution in [0.15, 0.2) is 24.9 Å². The smallest absolute Gasteiger partial charge is 0.407 e. The van der Waals surface area contributed by atoms with Crippen LogP contribution in [0.4, 0.5) is 4.79 Å². The van der Waals surface area contributed by atoms with E-state index in [-0.39, 0.29) is 0 Å². The molecule has 0 bridgehead atoms. The van der Waals surface area contributed by atoms with Crippen molar-refractivity contribution in [3.8, 4) is 5.69 Å². The Morgan fingerprint density at radius 1 is 1.38 bits per heavy atom. The number of aryl methyl sites for hydroxylation is 1. The molecule has 0 fully saturated rings. The summed E-state index contributed by atoms with van der Waals surface area (Å²) in [5.41, 5.74) is 1.46. The van der Waals surface area contributed by atoms with Gasteiger partial charge in [0.15, 0.2) is 0 Å². The highest BCUT2D eigenvalue weighted by Crippen LogP contribution is 2.10. The van der Waals surface area contributed by atoms with Crippen LogP contribution >= 0.6 is 0 Å². The van der Waals surface area contributed by atoms with Gasteiger partial charge in [0.05, 0.1) is 18.2 Å². The number of carbonyl (C=O) groups is 1. The zero-order valence-electron chi connectivity index (χ0n) is 12.8. The molecule has 1 amide bonds. The van der Waals surface area contributed by atoms with Crippen LogP contribution in [0.2, 0.25) is 0 Å². The molecule has 114 valence electrons. The second-order valence-electron chi connectivity index (χ2n) is 5.81. The van der Waals surface area contributed by atoms with Crippen LogP contribution in [0, 0.1) is 0 Å². The highest BCUT2D eigenvalue weighted by molar-refractivity contribution is 5.67. The Hall–Kier alpha value is -2.31. The second-order valence-corrected chi connectivity index (χ2v) is 5.81. The molecule has 2 heterocycles. The Bertz CT molecular complexity index is 609. The van der Waals surface area contributed by atoms with E-state index >= 15 is 0 Å². The van der Waals surface area contributed by atoms with Crippen molar-refractivity contribution < 1.29 is 9.53 Å². The first-order valence-electron chi connectivity index (χ1n) is 6.82. The van der Waals surface area contributed by atoms with E-state index in [9.17, 15) is 4.79 Å². The molecule has 2 aromatic heterocycles. The number of rotatable bonds is 4. The fourth-order valence-corrected chi connectivity index (χ4v) is 1.88. The molecule has 1 N–H and O–H groups in total. The van der Waals surface area contributed by atoms with Crippen LogP contribution in [0.1, 0.15) is 26.5 Å². The van der Waals surface area contributed by atoms with E-state index in [1.807, 2.05) is 38.6 Å². The van der Waals surface area contributed by atoms with Gasteiger partial charge < -0.3 is 14.6 Å². The summed E-state index contributed by atoms with van der Waals surface area (Å²) >= 11 is 0. The van der Waals surface area contributed by atoms with Gasteiger partial charge in [0.2, 0.25) is 0 Å². The maximum Gasteiger partial charge on any atom is 0.407 e. The molecule has 0 unspecified atom stereocenters. The number of imidazole rings is 1. The predicted octanol–water partition coefficient (Wildman–Crippen LogP) is 1.67. The molecule has 0 aliphatic heterocycles. The first kappa shape index (κ1) is 15.1. The summed E-state index contributed by atoms with van der Waals surface area (Å²) in [7, 11) is 1.87. The molecule has 0 atom stereocenters. The largest absolute Gasteiger partial charge is 0.444 e. The van der Waals surface area contributed by atoms with Crippen molar-refractivity contribution in [2.24, 2.45) is 7.05 Å². The topological polar surface area (TPSA) is 74.0 Å². The van der Waals surface area contributed by atoms with Crippen LogP contribution < -0.4 is 5.32 Å². The maximum absolute atomic E-state index is 11.6. The van der Waals surface area contributed by atoms with Crippen molar-refractivity contribution in [1.29, 1.82) is 0 Å². The molecule has 0 saturated carbocycles. The van der Waals surface area contributed by atoms with Crippen molar-refractivity contribution in [3.63, 3.8) is 0 Å². The molecule has 0 aliphatic rings. The Labute approximate surface area is 123 Å². The van der Waals surface area contributed by atoms with Crippen LogP contribution in [-0.2, 0) is 18.2 Å². The minimum absolute atomic E-state index is 0.407. The van der Waals surface area contributed by atoms with E-state index in [0.29, 0.717) is 13.0 Å². The lowest BCUT2D eigenvalue weighted by Gasteiger charge is -2.19. The number of nitrogens with zero attached hydrogens (tertiary/aromatic N) is 4. The third kappa shape index (κ3) is 4.34. The summed E-state index contributed by atoms with van der Waals surface area (Å²) in [6.45, 7) is 6.00. The highest BCUT2D eigenvalue weighted by atomic mass is 16.6. The molecule has 0 aromatic carbocycles. The Morgan fingerprint density at radius 2 is 2.14 bits per heavy atom. The number of ether oxygens (including phenoxy) is 1. The first-order valence-corrected chi connectivity index (χ1v) is 6.82. The van der Waals surface area contributed by atoms with Gasteiger partial charge in [0, 0.05) is 38.1 Å². The Morgan fingerprint density at radius 3 is 2.76 bits per heavy atom. The number of amides is 1. The molecule has 0 saturated heterocycles. The van der Waals surface area contributed by atoms with Gasteiger partial charge in [-0.05, 0) is 20.8 Å². The lowest BCUT2D eigenvalue weighted by atomic mass is 10.2. The van der Waals surface area contributed by atoms with Gasteiger partial charge in [-0.3, -0.25) is 4.68 Å². The summed E-state index contributed by atoms with van der Waals surface area (Å²) in [4.78, 5) is 15.7. The molecule has 7 heteroatoms.